The number of ketones is 2. The lowest BCUT2D eigenvalue weighted by molar-refractivity contribution is -0.249. The van der Waals surface area contributed by atoms with E-state index in [1.54, 1.807) is 33.8 Å². The van der Waals surface area contributed by atoms with Crippen LogP contribution in [0.2, 0.25) is 0 Å². The van der Waals surface area contributed by atoms with Crippen molar-refractivity contribution in [3.63, 3.8) is 0 Å². The second-order valence-electron chi connectivity index (χ2n) is 12.2. The molecule has 4 aliphatic heterocycles. The van der Waals surface area contributed by atoms with E-state index in [9.17, 15) is 24.3 Å². The third-order valence-electron chi connectivity index (χ3n) is 10.6. The van der Waals surface area contributed by atoms with Gasteiger partial charge in [-0.3, -0.25) is 14.4 Å². The Morgan fingerprint density at radius 1 is 1.03 bits per heavy atom. The van der Waals surface area contributed by atoms with E-state index >= 15 is 0 Å². The third kappa shape index (κ3) is 2.08. The van der Waals surface area contributed by atoms with Gasteiger partial charge < -0.3 is 28.5 Å². The van der Waals surface area contributed by atoms with Gasteiger partial charge in [-0.2, -0.15) is 0 Å². The predicted octanol–water partition coefficient (Wildman–Crippen LogP) is 1.29. The molecule has 10 heteroatoms. The van der Waals surface area contributed by atoms with Crippen molar-refractivity contribution in [1.29, 1.82) is 0 Å². The fourth-order valence-corrected chi connectivity index (χ4v) is 9.21. The minimum Gasteiger partial charge on any atom is -0.472 e. The fourth-order valence-electron chi connectivity index (χ4n) is 9.21. The molecule has 6 fully saturated rings. The number of hydrogen-bond donors (Lipinski definition) is 1. The van der Waals surface area contributed by atoms with Crippen LogP contribution in [0.4, 0.5) is 0 Å². The molecule has 0 bridgehead atoms. The van der Waals surface area contributed by atoms with Crippen LogP contribution in [0.1, 0.15) is 52.2 Å². The highest BCUT2D eigenvalue weighted by molar-refractivity contribution is 6.41. The van der Waals surface area contributed by atoms with Crippen LogP contribution in [0.3, 0.4) is 0 Å². The van der Waals surface area contributed by atoms with Gasteiger partial charge in [-0.05, 0) is 39.2 Å². The van der Waals surface area contributed by atoms with Crippen LogP contribution in [-0.2, 0) is 38.1 Å². The van der Waals surface area contributed by atoms with Gasteiger partial charge in [0.2, 0.25) is 11.6 Å². The minimum absolute atomic E-state index is 0.0572. The molecule has 2 saturated carbocycles. The van der Waals surface area contributed by atoms with Crippen molar-refractivity contribution in [3.05, 3.63) is 24.2 Å². The number of esters is 2. The summed E-state index contributed by atoms with van der Waals surface area (Å²) in [6, 6.07) is 1.65. The lowest BCUT2D eigenvalue weighted by Crippen LogP contribution is -2.77. The number of rotatable bonds is 1. The lowest BCUT2D eigenvalue weighted by atomic mass is 9.36. The van der Waals surface area contributed by atoms with Crippen molar-refractivity contribution in [3.8, 4) is 0 Å². The summed E-state index contributed by atoms with van der Waals surface area (Å²) < 4.78 is 29.1. The van der Waals surface area contributed by atoms with Gasteiger partial charge in [-0.15, -0.1) is 0 Å². The molecule has 36 heavy (non-hydrogen) atoms. The molecule has 1 N–H and O–H groups in total. The number of cyclic esters (lactones) is 2. The maximum atomic E-state index is 14.2. The number of hydrogen-bond acceptors (Lipinski definition) is 10. The molecule has 1 aromatic rings. The molecule has 7 rings (SSSR count). The second kappa shape index (κ2) is 6.28. The summed E-state index contributed by atoms with van der Waals surface area (Å²) >= 11 is 0. The molecule has 2 spiro atoms. The van der Waals surface area contributed by atoms with Crippen LogP contribution in [0.5, 0.6) is 0 Å². The van der Waals surface area contributed by atoms with Crippen molar-refractivity contribution in [2.24, 2.45) is 28.1 Å². The first-order valence-corrected chi connectivity index (χ1v) is 12.4. The number of fused-ring (bicyclic) bond motifs is 1. The zero-order chi connectivity index (χ0) is 25.6. The van der Waals surface area contributed by atoms with E-state index in [0.717, 1.165) is 0 Å². The standard InChI is InChI=1S/C26H28O10/c1-22(2)17-16(29)18(30)23(3)12(25(17)10-33-15(28)8-14(25)35-22)7-13(27)24(4)19(11-5-6-32-9-11)34-21(31)20-26(23,24)36-20/h5-6,9,12-14,17,19-20,27H,7-8,10H2,1-4H3/t12?,13?,14?,17?,19?,20?,23-,24-,25-,26-/m0/s1. The van der Waals surface area contributed by atoms with Crippen LogP contribution >= 0.6 is 0 Å². The molecule has 10 nitrogen and oxygen atoms in total. The largest absolute Gasteiger partial charge is 0.472 e. The maximum absolute atomic E-state index is 14.2. The summed E-state index contributed by atoms with van der Waals surface area (Å²) in [5.74, 6) is -3.85. The molecule has 2 aliphatic carbocycles. The number of epoxide rings is 1. The Bertz CT molecular complexity index is 1240. The first kappa shape index (κ1) is 22.6. The van der Waals surface area contributed by atoms with Gasteiger partial charge in [-0.1, -0.05) is 6.92 Å². The van der Waals surface area contributed by atoms with Crippen molar-refractivity contribution in [1.82, 2.24) is 0 Å². The minimum atomic E-state index is -1.50. The van der Waals surface area contributed by atoms with E-state index in [-0.39, 0.29) is 19.4 Å². The van der Waals surface area contributed by atoms with Crippen LogP contribution in [0.25, 0.3) is 0 Å². The molecule has 6 unspecified atom stereocenters. The monoisotopic (exact) mass is 500 g/mol. The topological polar surface area (TPSA) is 142 Å². The smallest absolute Gasteiger partial charge is 0.339 e. The van der Waals surface area contributed by atoms with Crippen molar-refractivity contribution in [2.45, 2.75) is 76.2 Å². The summed E-state index contributed by atoms with van der Waals surface area (Å²) in [7, 11) is 0. The summed E-state index contributed by atoms with van der Waals surface area (Å²) in [4.78, 5) is 53.7. The zero-order valence-corrected chi connectivity index (χ0v) is 20.4. The van der Waals surface area contributed by atoms with Gasteiger partial charge in [0.1, 0.15) is 18.3 Å². The summed E-state index contributed by atoms with van der Waals surface area (Å²) in [5, 5.41) is 11.9. The molecule has 0 radical (unpaired) electrons. The van der Waals surface area contributed by atoms with E-state index < -0.39 is 87.2 Å². The number of aliphatic hydroxyl groups excluding tert-OH is 1. The predicted molar refractivity (Wildman–Crippen MR) is 116 cm³/mol. The summed E-state index contributed by atoms with van der Waals surface area (Å²) in [5.41, 5.74) is -5.78. The third-order valence-corrected chi connectivity index (χ3v) is 10.6. The van der Waals surface area contributed by atoms with E-state index in [1.807, 2.05) is 0 Å². The van der Waals surface area contributed by atoms with Gasteiger partial charge in [0.15, 0.2) is 6.10 Å². The van der Waals surface area contributed by atoms with Crippen molar-refractivity contribution in [2.75, 3.05) is 6.61 Å². The summed E-state index contributed by atoms with van der Waals surface area (Å²) in [6.07, 6.45) is -0.888. The number of aliphatic hydroxyl groups is 1. The quantitative estimate of drug-likeness (QED) is 0.340. The Labute approximate surface area is 206 Å². The van der Waals surface area contributed by atoms with Crippen LogP contribution in [0.15, 0.2) is 23.0 Å². The first-order chi connectivity index (χ1) is 16.9. The molecular formula is C26H28O10. The van der Waals surface area contributed by atoms with Crippen molar-refractivity contribution >= 4 is 23.5 Å². The van der Waals surface area contributed by atoms with Gasteiger partial charge >= 0.3 is 11.9 Å². The van der Waals surface area contributed by atoms with Gasteiger partial charge in [0.25, 0.3) is 0 Å². The number of carbonyl (C=O) groups is 4. The lowest BCUT2D eigenvalue weighted by Gasteiger charge is -2.65. The average Bonchev–Trinajstić information content (AvgIpc) is 3.28. The molecule has 1 aromatic heterocycles. The highest BCUT2D eigenvalue weighted by Gasteiger charge is 2.92. The number of furan rings is 1. The highest BCUT2D eigenvalue weighted by atomic mass is 16.7. The Kier molecular flexibility index (Phi) is 3.95. The highest BCUT2D eigenvalue weighted by Crippen LogP contribution is 2.79. The molecule has 10 atom stereocenters. The second-order valence-corrected chi connectivity index (χ2v) is 12.2. The van der Waals surface area contributed by atoms with Gasteiger partial charge in [-0.25, -0.2) is 4.79 Å². The fraction of sp³-hybridized carbons (Fsp3) is 0.692. The van der Waals surface area contributed by atoms with Crippen LogP contribution in [0, 0.1) is 28.1 Å². The number of ether oxygens (including phenoxy) is 4. The molecule has 6 aliphatic rings. The number of carbonyl (C=O) groups excluding carboxylic acids is 4. The van der Waals surface area contributed by atoms with Crippen LogP contribution in [-0.4, -0.2) is 64.7 Å². The maximum Gasteiger partial charge on any atom is 0.339 e. The molecule has 5 heterocycles. The SMILES string of the molecule is CC1(C)OC2CC(=O)OC[C@@]23C1C(=O)C(=O)[C@]1(C)C3CC(O)[C@@]2(C)C(c3ccoc3)OC(=O)C3O[C@]321. The normalized spacial score (nSPS) is 52.2. The Balaban J connectivity index is 1.47. The van der Waals surface area contributed by atoms with E-state index in [0.29, 0.717) is 5.56 Å². The van der Waals surface area contributed by atoms with Gasteiger partial charge in [0.05, 0.1) is 53.5 Å². The van der Waals surface area contributed by atoms with Gasteiger partial charge in [0, 0.05) is 11.0 Å². The van der Waals surface area contributed by atoms with E-state index in [1.165, 1.54) is 12.5 Å². The Morgan fingerprint density at radius 3 is 2.47 bits per heavy atom. The van der Waals surface area contributed by atoms with Crippen LogP contribution < -0.4 is 0 Å². The Hall–Kier alpha value is -2.56. The zero-order valence-electron chi connectivity index (χ0n) is 20.4. The molecular weight excluding hydrogens is 472 g/mol. The molecule has 4 saturated heterocycles. The molecule has 0 amide bonds. The molecule has 192 valence electrons. The van der Waals surface area contributed by atoms with Crippen molar-refractivity contribution < 1.29 is 47.6 Å². The van der Waals surface area contributed by atoms with E-state index in [4.69, 9.17) is 23.4 Å². The Morgan fingerprint density at radius 2 is 1.78 bits per heavy atom. The number of Topliss-reactive ketones (excluding diaryl/α,β-unsaturated/α-hetero) is 2. The average molecular weight is 501 g/mol. The molecule has 0 aromatic carbocycles. The summed E-state index contributed by atoms with van der Waals surface area (Å²) in [6.45, 7) is 6.82. The first-order valence-electron chi connectivity index (χ1n) is 12.4. The van der Waals surface area contributed by atoms with E-state index in [2.05, 4.69) is 0 Å².